The van der Waals surface area contributed by atoms with Gasteiger partial charge in [0.2, 0.25) is 0 Å². The van der Waals surface area contributed by atoms with Gasteiger partial charge in [-0.2, -0.15) is 0 Å². The van der Waals surface area contributed by atoms with E-state index in [9.17, 15) is 14.7 Å². The molecule has 5 atom stereocenters. The van der Waals surface area contributed by atoms with Crippen LogP contribution in [0.4, 0.5) is 0 Å². The highest BCUT2D eigenvalue weighted by Crippen LogP contribution is 2.61. The Morgan fingerprint density at radius 1 is 1.21 bits per heavy atom. The number of aliphatic carboxylic acids is 1. The summed E-state index contributed by atoms with van der Waals surface area (Å²) in [5, 5.41) is 18.5. The monoisotopic (exact) mass is 468 g/mol. The molecule has 1 unspecified atom stereocenters. The van der Waals surface area contributed by atoms with Crippen LogP contribution >= 0.6 is 0 Å². The molecule has 186 valence electrons. The van der Waals surface area contributed by atoms with Gasteiger partial charge in [-0.05, 0) is 86.0 Å². The third kappa shape index (κ3) is 5.73. The minimum absolute atomic E-state index is 0.107. The fraction of sp³-hybridized carbons (Fsp3) is 0.586. The predicted octanol–water partition coefficient (Wildman–Crippen LogP) is 6.62. The van der Waals surface area contributed by atoms with E-state index < -0.39 is 5.97 Å². The number of allylic oxidation sites excluding steroid dienone is 2. The van der Waals surface area contributed by atoms with Crippen molar-refractivity contribution in [3.8, 4) is 5.75 Å². The van der Waals surface area contributed by atoms with Gasteiger partial charge in [-0.15, -0.1) is 0 Å². The molecule has 0 aromatic heterocycles. The van der Waals surface area contributed by atoms with Gasteiger partial charge in [0, 0.05) is 17.9 Å². The van der Waals surface area contributed by atoms with E-state index in [2.05, 4.69) is 33.8 Å². The zero-order chi connectivity index (χ0) is 25.1. The number of phenolic OH excluding ortho intramolecular Hbond substituents is 1. The van der Waals surface area contributed by atoms with E-state index >= 15 is 0 Å². The molecular formula is C29H40O5. The number of carbonyl (C=O) groups excluding carboxylic acids is 1. The molecule has 5 heteroatoms. The van der Waals surface area contributed by atoms with Gasteiger partial charge in [-0.25, -0.2) is 4.79 Å². The number of fused-ring (bicyclic) bond motifs is 1. The van der Waals surface area contributed by atoms with Gasteiger partial charge in [-0.3, -0.25) is 4.79 Å². The van der Waals surface area contributed by atoms with E-state index in [-0.39, 0.29) is 41.0 Å². The SMILES string of the molecule is CC1=CCC2C(C)(C)[C@H](OC(=O)/C=C/c3ccc(O)cc3)CC[C@]2(C)[C@H]1CC[C@H](C)CC(=O)O. The van der Waals surface area contributed by atoms with Crippen LogP contribution in [-0.4, -0.2) is 28.3 Å². The van der Waals surface area contributed by atoms with Crippen LogP contribution in [0.1, 0.15) is 78.7 Å². The molecule has 0 bridgehead atoms. The van der Waals surface area contributed by atoms with Gasteiger partial charge < -0.3 is 14.9 Å². The third-order valence-corrected chi connectivity index (χ3v) is 8.53. The molecule has 3 rings (SSSR count). The number of carboxylic acid groups (broad SMARTS) is 1. The molecule has 1 fully saturated rings. The van der Waals surface area contributed by atoms with Crippen LogP contribution in [-0.2, 0) is 14.3 Å². The molecule has 0 radical (unpaired) electrons. The van der Waals surface area contributed by atoms with Gasteiger partial charge >= 0.3 is 11.9 Å². The maximum atomic E-state index is 12.6. The maximum Gasteiger partial charge on any atom is 0.331 e. The Morgan fingerprint density at radius 3 is 2.53 bits per heavy atom. The zero-order valence-corrected chi connectivity index (χ0v) is 21.2. The second-order valence-electron chi connectivity index (χ2n) is 11.3. The minimum Gasteiger partial charge on any atom is -0.508 e. The van der Waals surface area contributed by atoms with Crippen molar-refractivity contribution in [1.82, 2.24) is 0 Å². The van der Waals surface area contributed by atoms with Gasteiger partial charge in [0.15, 0.2) is 0 Å². The van der Waals surface area contributed by atoms with E-state index in [0.29, 0.717) is 11.8 Å². The van der Waals surface area contributed by atoms with Crippen molar-refractivity contribution in [2.75, 3.05) is 0 Å². The molecule has 1 aromatic rings. The molecule has 1 aromatic carbocycles. The maximum absolute atomic E-state index is 12.6. The number of rotatable bonds is 8. The van der Waals surface area contributed by atoms with E-state index in [1.807, 2.05) is 6.92 Å². The Balaban J connectivity index is 1.69. The van der Waals surface area contributed by atoms with Crippen LogP contribution in [0, 0.1) is 28.6 Å². The van der Waals surface area contributed by atoms with Crippen LogP contribution in [0.25, 0.3) is 6.08 Å². The summed E-state index contributed by atoms with van der Waals surface area (Å²) in [7, 11) is 0. The molecule has 5 nitrogen and oxygen atoms in total. The first kappa shape index (κ1) is 26.1. The van der Waals surface area contributed by atoms with Crippen molar-refractivity contribution in [1.29, 1.82) is 0 Å². The van der Waals surface area contributed by atoms with Crippen LogP contribution in [0.2, 0.25) is 0 Å². The summed E-state index contributed by atoms with van der Waals surface area (Å²) >= 11 is 0. The van der Waals surface area contributed by atoms with E-state index in [1.165, 1.54) is 11.6 Å². The van der Waals surface area contributed by atoms with Crippen LogP contribution in [0.5, 0.6) is 5.75 Å². The Kier molecular flexibility index (Phi) is 7.95. The van der Waals surface area contributed by atoms with Gasteiger partial charge in [-0.1, -0.05) is 51.5 Å². The molecule has 2 N–H and O–H groups in total. The molecule has 2 aliphatic rings. The summed E-state index contributed by atoms with van der Waals surface area (Å²) < 4.78 is 5.99. The average Bonchev–Trinajstić information content (AvgIpc) is 2.74. The molecule has 0 heterocycles. The lowest BCUT2D eigenvalue weighted by Crippen LogP contribution is -2.55. The number of carboxylic acids is 1. The molecule has 0 saturated heterocycles. The second-order valence-corrected chi connectivity index (χ2v) is 11.3. The predicted molar refractivity (Wildman–Crippen MR) is 134 cm³/mol. The van der Waals surface area contributed by atoms with Crippen molar-refractivity contribution in [2.45, 2.75) is 79.2 Å². The Hall–Kier alpha value is -2.56. The number of carbonyl (C=O) groups is 2. The number of phenols is 1. The van der Waals surface area contributed by atoms with Crippen LogP contribution in [0.15, 0.2) is 42.0 Å². The standard InChI is InChI=1S/C29H40O5/c1-19(18-26(31)32)6-13-23-20(2)7-14-24-28(3,4)25(16-17-29(23,24)5)34-27(33)15-10-21-8-11-22(30)12-9-21/h7-12,15,19,23-25,30H,6,13-14,16-18H2,1-5H3,(H,31,32)/b15-10+/t19-,23-,24?,25+,29+/m0/s1. The average molecular weight is 469 g/mol. The summed E-state index contributed by atoms with van der Waals surface area (Å²) in [6.45, 7) is 11.1. The number of hydrogen-bond acceptors (Lipinski definition) is 4. The lowest BCUT2D eigenvalue weighted by molar-refractivity contribution is -0.169. The summed E-state index contributed by atoms with van der Waals surface area (Å²) in [5.74, 6) is 0.105. The van der Waals surface area contributed by atoms with Crippen LogP contribution in [0.3, 0.4) is 0 Å². The van der Waals surface area contributed by atoms with Crippen molar-refractivity contribution in [2.24, 2.45) is 28.6 Å². The number of hydrogen-bond donors (Lipinski definition) is 2. The van der Waals surface area contributed by atoms with Gasteiger partial charge in [0.25, 0.3) is 0 Å². The number of benzene rings is 1. The molecule has 0 spiro atoms. The first-order chi connectivity index (χ1) is 15.9. The minimum atomic E-state index is -0.726. The summed E-state index contributed by atoms with van der Waals surface area (Å²) in [6.07, 6.45) is 10.3. The van der Waals surface area contributed by atoms with Crippen molar-refractivity contribution >= 4 is 18.0 Å². The number of ether oxygens (including phenoxy) is 1. The molecule has 0 amide bonds. The normalized spacial score (nSPS) is 29.2. The lowest BCUT2D eigenvalue weighted by Gasteiger charge is -2.59. The smallest absolute Gasteiger partial charge is 0.331 e. The van der Waals surface area contributed by atoms with E-state index in [1.54, 1.807) is 30.3 Å². The molecule has 0 aliphatic heterocycles. The Labute approximate surface area is 203 Å². The van der Waals surface area contributed by atoms with Crippen molar-refractivity contribution in [3.05, 3.63) is 47.6 Å². The first-order valence-electron chi connectivity index (χ1n) is 12.5. The molecule has 2 aliphatic carbocycles. The lowest BCUT2D eigenvalue weighted by atomic mass is 9.47. The van der Waals surface area contributed by atoms with Crippen LogP contribution < -0.4 is 0 Å². The fourth-order valence-electron chi connectivity index (χ4n) is 6.57. The highest BCUT2D eigenvalue weighted by Gasteiger charge is 2.56. The Bertz CT molecular complexity index is 942. The topological polar surface area (TPSA) is 83.8 Å². The first-order valence-corrected chi connectivity index (χ1v) is 12.5. The van der Waals surface area contributed by atoms with E-state index in [0.717, 1.165) is 37.7 Å². The Morgan fingerprint density at radius 2 is 1.88 bits per heavy atom. The van der Waals surface area contributed by atoms with E-state index in [4.69, 9.17) is 9.84 Å². The molecule has 34 heavy (non-hydrogen) atoms. The highest BCUT2D eigenvalue weighted by molar-refractivity contribution is 5.87. The largest absolute Gasteiger partial charge is 0.508 e. The summed E-state index contributed by atoms with van der Waals surface area (Å²) in [5.41, 5.74) is 2.19. The van der Waals surface area contributed by atoms with Crippen molar-refractivity contribution in [3.63, 3.8) is 0 Å². The van der Waals surface area contributed by atoms with Crippen molar-refractivity contribution < 1.29 is 24.5 Å². The number of aromatic hydroxyl groups is 1. The fourth-order valence-corrected chi connectivity index (χ4v) is 6.57. The highest BCUT2D eigenvalue weighted by atomic mass is 16.5. The molecule has 1 saturated carbocycles. The van der Waals surface area contributed by atoms with Gasteiger partial charge in [0.05, 0.1) is 0 Å². The second kappa shape index (κ2) is 10.4. The number of esters is 1. The molecular weight excluding hydrogens is 428 g/mol. The quantitative estimate of drug-likeness (QED) is 0.254. The summed E-state index contributed by atoms with van der Waals surface area (Å²) in [4.78, 5) is 23.7. The zero-order valence-electron chi connectivity index (χ0n) is 21.2. The third-order valence-electron chi connectivity index (χ3n) is 8.53. The summed E-state index contributed by atoms with van der Waals surface area (Å²) in [6, 6.07) is 6.69. The van der Waals surface area contributed by atoms with Gasteiger partial charge in [0.1, 0.15) is 11.9 Å².